The second-order valence-electron chi connectivity index (χ2n) is 9.99. The largest absolute Gasteiger partial charge is 0.423 e. The summed E-state index contributed by atoms with van der Waals surface area (Å²) in [5.74, 6) is -0.388. The molecule has 0 unspecified atom stereocenters. The molecule has 172 valence electrons. The number of hydrogen-bond acceptors (Lipinski definition) is 6. The molecule has 2 aliphatic heterocycles. The van der Waals surface area contributed by atoms with E-state index in [0.717, 1.165) is 42.8 Å². The molecule has 8 heteroatoms. The van der Waals surface area contributed by atoms with Gasteiger partial charge in [-0.2, -0.15) is 10.1 Å². The van der Waals surface area contributed by atoms with E-state index in [-0.39, 0.29) is 11.3 Å². The Morgan fingerprint density at radius 1 is 1.03 bits per heavy atom. The van der Waals surface area contributed by atoms with Gasteiger partial charge in [0.15, 0.2) is 17.0 Å². The standard InChI is InChI=1S/C25H29FN6O/c1-16-11-20(29-32-14-17(2)27-23(16)32)18-12-19(26)22-21(13-18)33-24(28-22)31-9-6-25(7-10-31)5-4-8-30(3)15-25/h11-14H,4-10,15H2,1-3H3. The van der Waals surface area contributed by atoms with Crippen LogP contribution in [0.25, 0.3) is 28.0 Å². The van der Waals surface area contributed by atoms with Gasteiger partial charge < -0.3 is 14.2 Å². The highest BCUT2D eigenvalue weighted by molar-refractivity contribution is 5.81. The Kier molecular flexibility index (Phi) is 4.69. The number of oxazole rings is 1. The van der Waals surface area contributed by atoms with Crippen LogP contribution in [-0.2, 0) is 0 Å². The van der Waals surface area contributed by atoms with Gasteiger partial charge in [0, 0.05) is 25.2 Å². The van der Waals surface area contributed by atoms with Crippen molar-refractivity contribution < 1.29 is 8.81 Å². The summed E-state index contributed by atoms with van der Waals surface area (Å²) in [6.45, 7) is 8.07. The summed E-state index contributed by atoms with van der Waals surface area (Å²) in [6, 6.07) is 5.79. The number of imidazole rings is 1. The van der Waals surface area contributed by atoms with Gasteiger partial charge in [-0.3, -0.25) is 0 Å². The van der Waals surface area contributed by atoms with E-state index in [1.807, 2.05) is 32.2 Å². The van der Waals surface area contributed by atoms with Crippen LogP contribution in [-0.4, -0.2) is 57.7 Å². The van der Waals surface area contributed by atoms with Crippen molar-refractivity contribution in [3.63, 3.8) is 0 Å². The smallest absolute Gasteiger partial charge is 0.298 e. The molecule has 2 fully saturated rings. The van der Waals surface area contributed by atoms with Gasteiger partial charge in [-0.25, -0.2) is 13.9 Å². The van der Waals surface area contributed by atoms with Gasteiger partial charge in [-0.05, 0) is 82.3 Å². The zero-order valence-electron chi connectivity index (χ0n) is 19.4. The first kappa shape index (κ1) is 20.6. The molecular weight excluding hydrogens is 419 g/mol. The zero-order chi connectivity index (χ0) is 22.7. The summed E-state index contributed by atoms with van der Waals surface area (Å²) < 4.78 is 22.9. The van der Waals surface area contributed by atoms with Crippen LogP contribution in [0.1, 0.15) is 36.9 Å². The number of halogens is 1. The maximum Gasteiger partial charge on any atom is 0.298 e. The molecule has 0 atom stereocenters. The summed E-state index contributed by atoms with van der Waals surface area (Å²) in [6.07, 6.45) is 6.68. The molecule has 6 rings (SSSR count). The van der Waals surface area contributed by atoms with E-state index in [2.05, 4.69) is 31.9 Å². The van der Waals surface area contributed by atoms with Crippen molar-refractivity contribution in [3.05, 3.63) is 41.5 Å². The van der Waals surface area contributed by atoms with E-state index in [1.54, 1.807) is 4.52 Å². The average molecular weight is 449 g/mol. The highest BCUT2D eigenvalue weighted by Gasteiger charge is 2.38. The summed E-state index contributed by atoms with van der Waals surface area (Å²) in [5, 5.41) is 4.64. The Morgan fingerprint density at radius 3 is 2.64 bits per heavy atom. The van der Waals surface area contributed by atoms with E-state index in [1.165, 1.54) is 32.0 Å². The monoisotopic (exact) mass is 448 g/mol. The number of anilines is 1. The number of aromatic nitrogens is 4. The molecular formula is C25H29FN6O. The molecule has 0 radical (unpaired) electrons. The van der Waals surface area contributed by atoms with Crippen molar-refractivity contribution in [3.8, 4) is 11.3 Å². The average Bonchev–Trinajstić information content (AvgIpc) is 3.38. The molecule has 1 aromatic carbocycles. The number of fused-ring (bicyclic) bond motifs is 2. The first-order valence-corrected chi connectivity index (χ1v) is 11.8. The summed E-state index contributed by atoms with van der Waals surface area (Å²) >= 11 is 0. The second kappa shape index (κ2) is 7.52. The lowest BCUT2D eigenvalue weighted by atomic mass is 9.72. The van der Waals surface area contributed by atoms with Gasteiger partial charge in [0.1, 0.15) is 5.52 Å². The number of piperidine rings is 2. The van der Waals surface area contributed by atoms with E-state index in [4.69, 9.17) is 4.42 Å². The lowest BCUT2D eigenvalue weighted by molar-refractivity contribution is 0.0812. The van der Waals surface area contributed by atoms with Crippen molar-refractivity contribution in [1.29, 1.82) is 0 Å². The third-order valence-corrected chi connectivity index (χ3v) is 7.41. The maximum atomic E-state index is 15.1. The summed E-state index contributed by atoms with van der Waals surface area (Å²) in [4.78, 5) is 13.6. The molecule has 0 N–H and O–H groups in total. The third kappa shape index (κ3) is 3.57. The van der Waals surface area contributed by atoms with Crippen LogP contribution in [0.3, 0.4) is 0 Å². The number of aryl methyl sites for hydroxylation is 2. The fourth-order valence-electron chi connectivity index (χ4n) is 5.68. The fraction of sp³-hybridized carbons (Fsp3) is 0.480. The number of benzene rings is 1. The highest BCUT2D eigenvalue weighted by Crippen LogP contribution is 2.41. The molecule has 0 amide bonds. The predicted octanol–water partition coefficient (Wildman–Crippen LogP) is 4.61. The number of hydrogen-bond donors (Lipinski definition) is 0. The quantitative estimate of drug-likeness (QED) is 0.446. The van der Waals surface area contributed by atoms with Gasteiger partial charge >= 0.3 is 0 Å². The van der Waals surface area contributed by atoms with Crippen LogP contribution >= 0.6 is 0 Å². The van der Waals surface area contributed by atoms with E-state index < -0.39 is 0 Å². The topological polar surface area (TPSA) is 62.7 Å². The fourth-order valence-corrected chi connectivity index (χ4v) is 5.68. The van der Waals surface area contributed by atoms with E-state index in [9.17, 15) is 0 Å². The van der Waals surface area contributed by atoms with Crippen molar-refractivity contribution in [2.24, 2.45) is 5.41 Å². The SMILES string of the molecule is Cc1cn2nc(-c3cc(F)c4nc(N5CCC6(CCCN(C)C6)CC5)oc4c3)cc(C)c2n1. The number of nitrogens with zero attached hydrogens (tertiary/aromatic N) is 6. The van der Waals surface area contributed by atoms with E-state index in [0.29, 0.717) is 28.3 Å². The Balaban J connectivity index is 1.30. The van der Waals surface area contributed by atoms with Crippen molar-refractivity contribution in [1.82, 2.24) is 24.5 Å². The molecule has 2 aliphatic rings. The van der Waals surface area contributed by atoms with Gasteiger partial charge in [0.2, 0.25) is 0 Å². The van der Waals surface area contributed by atoms with Crippen LogP contribution < -0.4 is 4.90 Å². The Hall–Kier alpha value is -3.00. The minimum atomic E-state index is -0.388. The number of likely N-dealkylation sites (tertiary alicyclic amines) is 1. The molecule has 2 saturated heterocycles. The summed E-state index contributed by atoms with van der Waals surface area (Å²) in [5.41, 5.74) is 5.18. The third-order valence-electron chi connectivity index (χ3n) is 7.41. The number of rotatable bonds is 2. The van der Waals surface area contributed by atoms with Gasteiger partial charge in [-0.15, -0.1) is 0 Å². The zero-order valence-corrected chi connectivity index (χ0v) is 19.4. The van der Waals surface area contributed by atoms with Crippen molar-refractivity contribution in [2.45, 2.75) is 39.5 Å². The minimum absolute atomic E-state index is 0.280. The molecule has 3 aromatic heterocycles. The predicted molar refractivity (Wildman–Crippen MR) is 126 cm³/mol. The highest BCUT2D eigenvalue weighted by atomic mass is 19.1. The van der Waals surface area contributed by atoms with Crippen LogP contribution in [0.2, 0.25) is 0 Å². The Morgan fingerprint density at radius 2 is 1.85 bits per heavy atom. The normalized spacial score (nSPS) is 19.2. The van der Waals surface area contributed by atoms with Gasteiger partial charge in [-0.1, -0.05) is 0 Å². The summed E-state index contributed by atoms with van der Waals surface area (Å²) in [7, 11) is 2.22. The molecule has 7 nitrogen and oxygen atoms in total. The second-order valence-corrected chi connectivity index (χ2v) is 9.99. The first-order valence-electron chi connectivity index (χ1n) is 11.8. The molecule has 0 saturated carbocycles. The molecule has 0 bridgehead atoms. The van der Waals surface area contributed by atoms with Crippen LogP contribution in [0.5, 0.6) is 0 Å². The Labute approximate surface area is 192 Å². The lowest BCUT2D eigenvalue weighted by Crippen LogP contribution is -2.48. The van der Waals surface area contributed by atoms with Crippen LogP contribution in [0, 0.1) is 25.1 Å². The van der Waals surface area contributed by atoms with Crippen LogP contribution in [0.15, 0.2) is 28.8 Å². The molecule has 4 aromatic rings. The maximum absolute atomic E-state index is 15.1. The minimum Gasteiger partial charge on any atom is -0.423 e. The van der Waals surface area contributed by atoms with E-state index >= 15 is 4.39 Å². The van der Waals surface area contributed by atoms with Gasteiger partial charge in [0.05, 0.1) is 17.6 Å². The molecule has 5 heterocycles. The Bertz CT molecular complexity index is 1350. The van der Waals surface area contributed by atoms with Crippen molar-refractivity contribution in [2.75, 3.05) is 38.1 Å². The molecule has 1 spiro atoms. The van der Waals surface area contributed by atoms with Crippen molar-refractivity contribution >= 4 is 22.8 Å². The molecule has 33 heavy (non-hydrogen) atoms. The first-order chi connectivity index (χ1) is 15.9. The van der Waals surface area contributed by atoms with Crippen LogP contribution in [0.4, 0.5) is 10.4 Å². The van der Waals surface area contributed by atoms with Gasteiger partial charge in [0.25, 0.3) is 6.01 Å². The lowest BCUT2D eigenvalue weighted by Gasteiger charge is -2.46. The molecule has 0 aliphatic carbocycles.